The van der Waals surface area contributed by atoms with Crippen molar-refractivity contribution in [3.8, 4) is 0 Å². The van der Waals surface area contributed by atoms with Crippen LogP contribution in [0, 0.1) is 0 Å². The fraction of sp³-hybridized carbons (Fsp3) is 0.333. The second-order valence-electron chi connectivity index (χ2n) is 5.06. The summed E-state index contributed by atoms with van der Waals surface area (Å²) >= 11 is 6.35. The molecule has 2 aromatic rings. The molecule has 1 unspecified atom stereocenters. The van der Waals surface area contributed by atoms with Crippen molar-refractivity contribution in [2.75, 3.05) is 11.9 Å². The summed E-state index contributed by atoms with van der Waals surface area (Å²) in [6, 6.07) is 4.29. The number of nitrogens with zero attached hydrogens (tertiary/aromatic N) is 2. The van der Waals surface area contributed by atoms with Crippen LogP contribution in [0.4, 0.5) is 5.69 Å². The number of fused-ring (bicyclic) bond motifs is 1. The molecule has 0 radical (unpaired) electrons. The maximum atomic E-state index is 6.35. The molecule has 2 heterocycles. The Morgan fingerprint density at radius 1 is 1.26 bits per heavy atom. The largest absolute Gasteiger partial charge is 0.384 e. The average Bonchev–Trinajstić information content (AvgIpc) is 2.78. The number of aryl methyl sites for hydroxylation is 2. The van der Waals surface area contributed by atoms with Gasteiger partial charge in [0, 0.05) is 35.6 Å². The number of nitrogens with one attached hydrogen (secondary N) is 1. The predicted octanol–water partition coefficient (Wildman–Crippen LogP) is 3.44. The SMILES string of the molecule is CC1CNc2cc(Cl)c(CCc3cncnc3)cc21. The molecule has 1 N–H and O–H groups in total. The maximum absolute atomic E-state index is 6.35. The van der Waals surface area contributed by atoms with E-state index in [1.807, 2.05) is 12.4 Å². The van der Waals surface area contributed by atoms with Crippen molar-refractivity contribution in [2.24, 2.45) is 0 Å². The molecule has 4 heteroatoms. The summed E-state index contributed by atoms with van der Waals surface area (Å²) in [7, 11) is 0. The van der Waals surface area contributed by atoms with Gasteiger partial charge in [-0.1, -0.05) is 24.6 Å². The van der Waals surface area contributed by atoms with E-state index in [4.69, 9.17) is 11.6 Å². The number of hydrogen-bond donors (Lipinski definition) is 1. The number of rotatable bonds is 3. The first kappa shape index (κ1) is 12.4. The smallest absolute Gasteiger partial charge is 0.115 e. The third-order valence-electron chi connectivity index (χ3n) is 3.65. The van der Waals surface area contributed by atoms with Gasteiger partial charge in [0.25, 0.3) is 0 Å². The summed E-state index contributed by atoms with van der Waals surface area (Å²) in [5.74, 6) is 0.561. The van der Waals surface area contributed by atoms with E-state index in [2.05, 4.69) is 34.3 Å². The quantitative estimate of drug-likeness (QED) is 0.931. The maximum Gasteiger partial charge on any atom is 0.115 e. The highest BCUT2D eigenvalue weighted by molar-refractivity contribution is 6.31. The third kappa shape index (κ3) is 2.56. The summed E-state index contributed by atoms with van der Waals surface area (Å²) < 4.78 is 0. The van der Waals surface area contributed by atoms with Crippen LogP contribution < -0.4 is 5.32 Å². The van der Waals surface area contributed by atoms with Crippen molar-refractivity contribution < 1.29 is 0 Å². The minimum Gasteiger partial charge on any atom is -0.384 e. The Balaban J connectivity index is 1.80. The van der Waals surface area contributed by atoms with Gasteiger partial charge in [-0.15, -0.1) is 0 Å². The molecular weight excluding hydrogens is 258 g/mol. The molecule has 0 saturated heterocycles. The molecule has 3 rings (SSSR count). The van der Waals surface area contributed by atoms with Gasteiger partial charge in [-0.05, 0) is 35.6 Å². The van der Waals surface area contributed by atoms with Gasteiger partial charge >= 0.3 is 0 Å². The number of halogens is 1. The van der Waals surface area contributed by atoms with Crippen LogP contribution in [0.5, 0.6) is 0 Å². The van der Waals surface area contributed by atoms with Crippen LogP contribution >= 0.6 is 11.6 Å². The zero-order chi connectivity index (χ0) is 13.2. The van der Waals surface area contributed by atoms with E-state index >= 15 is 0 Å². The van der Waals surface area contributed by atoms with Gasteiger partial charge in [0.2, 0.25) is 0 Å². The molecule has 1 aliphatic heterocycles. The molecule has 1 aromatic carbocycles. The first-order valence-corrected chi connectivity index (χ1v) is 6.92. The highest BCUT2D eigenvalue weighted by atomic mass is 35.5. The molecule has 0 saturated carbocycles. The lowest BCUT2D eigenvalue weighted by Gasteiger charge is -2.09. The number of benzene rings is 1. The van der Waals surface area contributed by atoms with E-state index in [9.17, 15) is 0 Å². The molecule has 98 valence electrons. The molecule has 0 spiro atoms. The first-order chi connectivity index (χ1) is 9.24. The highest BCUT2D eigenvalue weighted by Crippen LogP contribution is 2.35. The summed E-state index contributed by atoms with van der Waals surface area (Å²) in [6.45, 7) is 3.24. The van der Waals surface area contributed by atoms with Crippen LogP contribution in [0.1, 0.15) is 29.5 Å². The van der Waals surface area contributed by atoms with E-state index in [-0.39, 0.29) is 0 Å². The topological polar surface area (TPSA) is 37.8 Å². The first-order valence-electron chi connectivity index (χ1n) is 6.54. The lowest BCUT2D eigenvalue weighted by molar-refractivity contribution is 0.849. The van der Waals surface area contributed by atoms with Crippen molar-refractivity contribution in [3.63, 3.8) is 0 Å². The van der Waals surface area contributed by atoms with Gasteiger partial charge < -0.3 is 5.32 Å². The fourth-order valence-corrected chi connectivity index (χ4v) is 2.76. The number of anilines is 1. The molecule has 1 aromatic heterocycles. The van der Waals surface area contributed by atoms with E-state index < -0.39 is 0 Å². The van der Waals surface area contributed by atoms with E-state index in [0.29, 0.717) is 5.92 Å². The van der Waals surface area contributed by atoms with Crippen LogP contribution in [-0.2, 0) is 12.8 Å². The van der Waals surface area contributed by atoms with Crippen molar-refractivity contribution in [1.82, 2.24) is 9.97 Å². The fourth-order valence-electron chi connectivity index (χ4n) is 2.50. The Labute approximate surface area is 118 Å². The second kappa shape index (κ2) is 5.17. The van der Waals surface area contributed by atoms with Crippen LogP contribution in [-0.4, -0.2) is 16.5 Å². The van der Waals surface area contributed by atoms with E-state index in [0.717, 1.165) is 30.0 Å². The Morgan fingerprint density at radius 3 is 2.84 bits per heavy atom. The summed E-state index contributed by atoms with van der Waals surface area (Å²) in [6.07, 6.45) is 7.11. The Hall–Kier alpha value is -1.61. The van der Waals surface area contributed by atoms with Gasteiger partial charge in [-0.25, -0.2) is 9.97 Å². The van der Waals surface area contributed by atoms with Gasteiger partial charge in [0.05, 0.1) is 0 Å². The van der Waals surface area contributed by atoms with Crippen LogP contribution in [0.3, 0.4) is 0 Å². The molecule has 3 nitrogen and oxygen atoms in total. The molecule has 0 aliphatic carbocycles. The zero-order valence-corrected chi connectivity index (χ0v) is 11.6. The van der Waals surface area contributed by atoms with Crippen molar-refractivity contribution in [2.45, 2.75) is 25.7 Å². The highest BCUT2D eigenvalue weighted by Gasteiger charge is 2.19. The van der Waals surface area contributed by atoms with Crippen molar-refractivity contribution in [3.05, 3.63) is 52.6 Å². The van der Waals surface area contributed by atoms with E-state index in [1.54, 1.807) is 6.33 Å². The molecule has 0 fully saturated rings. The van der Waals surface area contributed by atoms with Crippen LogP contribution in [0.25, 0.3) is 0 Å². The van der Waals surface area contributed by atoms with Gasteiger partial charge in [0.1, 0.15) is 6.33 Å². The lowest BCUT2D eigenvalue weighted by Crippen LogP contribution is -1.96. The van der Waals surface area contributed by atoms with Crippen molar-refractivity contribution in [1.29, 1.82) is 0 Å². The summed E-state index contributed by atoms with van der Waals surface area (Å²) in [4.78, 5) is 8.07. The van der Waals surface area contributed by atoms with Crippen molar-refractivity contribution >= 4 is 17.3 Å². The standard InChI is InChI=1S/C15H16ClN3/c1-10-6-19-15-5-14(16)12(4-13(10)15)3-2-11-7-17-9-18-8-11/h4-5,7-10,19H,2-3,6H2,1H3. The van der Waals surface area contributed by atoms with Gasteiger partial charge in [0.15, 0.2) is 0 Å². The molecule has 0 bridgehead atoms. The Kier molecular flexibility index (Phi) is 3.38. The van der Waals surface area contributed by atoms with Crippen LogP contribution in [0.15, 0.2) is 30.9 Å². The molecule has 0 amide bonds. The van der Waals surface area contributed by atoms with Gasteiger partial charge in [-0.2, -0.15) is 0 Å². The average molecular weight is 274 g/mol. The molecule has 1 aliphatic rings. The number of aromatic nitrogens is 2. The van der Waals surface area contributed by atoms with Crippen LogP contribution in [0.2, 0.25) is 5.02 Å². The van der Waals surface area contributed by atoms with E-state index in [1.165, 1.54) is 16.8 Å². The predicted molar refractivity (Wildman–Crippen MR) is 77.8 cm³/mol. The summed E-state index contributed by atoms with van der Waals surface area (Å²) in [5.41, 5.74) is 4.91. The second-order valence-corrected chi connectivity index (χ2v) is 5.47. The third-order valence-corrected chi connectivity index (χ3v) is 4.00. The minimum atomic E-state index is 0.561. The van der Waals surface area contributed by atoms with Gasteiger partial charge in [-0.3, -0.25) is 0 Å². The number of hydrogen-bond acceptors (Lipinski definition) is 3. The molecular formula is C15H16ClN3. The lowest BCUT2D eigenvalue weighted by atomic mass is 9.98. The minimum absolute atomic E-state index is 0.561. The molecule has 19 heavy (non-hydrogen) atoms. The molecule has 1 atom stereocenters. The zero-order valence-electron chi connectivity index (χ0n) is 10.9. The summed E-state index contributed by atoms with van der Waals surface area (Å²) in [5, 5.41) is 4.23. The Morgan fingerprint density at radius 2 is 2.05 bits per heavy atom. The normalized spacial score (nSPS) is 17.1. The monoisotopic (exact) mass is 273 g/mol. The Bertz CT molecular complexity index is 583.